The lowest BCUT2D eigenvalue weighted by atomic mass is 10.2. The van der Waals surface area contributed by atoms with Gasteiger partial charge in [-0.1, -0.05) is 0 Å². The Hall–Kier alpha value is -2.85. The fraction of sp³-hybridized carbons (Fsp3) is 0.368. The molecule has 1 N–H and O–H groups in total. The van der Waals surface area contributed by atoms with Gasteiger partial charge in [-0.05, 0) is 44.9 Å². The zero-order valence-electron chi connectivity index (χ0n) is 16.3. The standard InChI is InChI=1S/C19H21N5O4S/c1-12-20-9-13(10-21-12)11-24-17(25)15-8-14(4-5-16(15)23(3)18(24)26)29(27,28)22-19(2)6-7-19/h4-5,8-10,22H,6-7,11H2,1-3H3. The van der Waals surface area contributed by atoms with Gasteiger partial charge in [0.15, 0.2) is 0 Å². The largest absolute Gasteiger partial charge is 0.331 e. The molecule has 1 fully saturated rings. The van der Waals surface area contributed by atoms with Crippen LogP contribution in [0.15, 0.2) is 45.1 Å². The number of aromatic nitrogens is 4. The summed E-state index contributed by atoms with van der Waals surface area (Å²) in [6, 6.07) is 4.22. The third-order valence-electron chi connectivity index (χ3n) is 5.19. The van der Waals surface area contributed by atoms with E-state index in [0.29, 0.717) is 16.9 Å². The van der Waals surface area contributed by atoms with Crippen LogP contribution >= 0.6 is 0 Å². The quantitative estimate of drug-likeness (QED) is 0.655. The van der Waals surface area contributed by atoms with Crippen LogP contribution in [0.3, 0.4) is 0 Å². The van der Waals surface area contributed by atoms with Gasteiger partial charge in [0.25, 0.3) is 5.56 Å². The first-order chi connectivity index (χ1) is 13.6. The molecular weight excluding hydrogens is 394 g/mol. The number of rotatable bonds is 5. The van der Waals surface area contributed by atoms with Gasteiger partial charge in [0.05, 0.1) is 22.3 Å². The van der Waals surface area contributed by atoms with E-state index in [1.54, 1.807) is 26.4 Å². The van der Waals surface area contributed by atoms with Crippen molar-refractivity contribution in [3.63, 3.8) is 0 Å². The van der Waals surface area contributed by atoms with Crippen LogP contribution in [0.2, 0.25) is 0 Å². The van der Waals surface area contributed by atoms with Crippen molar-refractivity contribution in [3.8, 4) is 0 Å². The topological polar surface area (TPSA) is 116 Å². The van der Waals surface area contributed by atoms with E-state index in [1.165, 1.54) is 22.8 Å². The lowest BCUT2D eigenvalue weighted by Crippen LogP contribution is -2.39. The molecule has 0 atom stereocenters. The molecular formula is C19H21N5O4S. The Labute approximate surface area is 167 Å². The van der Waals surface area contributed by atoms with Gasteiger partial charge in [0.1, 0.15) is 5.82 Å². The summed E-state index contributed by atoms with van der Waals surface area (Å²) in [4.78, 5) is 33.9. The second-order valence-electron chi connectivity index (χ2n) is 7.72. The molecule has 1 aliphatic carbocycles. The van der Waals surface area contributed by atoms with Crippen LogP contribution < -0.4 is 16.0 Å². The van der Waals surface area contributed by atoms with Crippen molar-refractivity contribution < 1.29 is 8.42 Å². The van der Waals surface area contributed by atoms with Crippen molar-refractivity contribution in [2.45, 2.75) is 43.7 Å². The van der Waals surface area contributed by atoms with Crippen LogP contribution in [0, 0.1) is 6.92 Å². The summed E-state index contributed by atoms with van der Waals surface area (Å²) in [5, 5.41) is 0.156. The van der Waals surface area contributed by atoms with E-state index in [0.717, 1.165) is 17.4 Å². The van der Waals surface area contributed by atoms with Crippen molar-refractivity contribution in [1.29, 1.82) is 0 Å². The molecule has 2 heterocycles. The molecule has 0 bridgehead atoms. The Morgan fingerprint density at radius 1 is 1.17 bits per heavy atom. The van der Waals surface area contributed by atoms with Crippen LogP contribution in [-0.2, 0) is 23.6 Å². The monoisotopic (exact) mass is 415 g/mol. The average Bonchev–Trinajstić information content (AvgIpc) is 3.40. The van der Waals surface area contributed by atoms with Crippen molar-refractivity contribution >= 4 is 20.9 Å². The van der Waals surface area contributed by atoms with E-state index >= 15 is 0 Å². The maximum atomic E-state index is 13.0. The normalized spacial score (nSPS) is 15.6. The number of benzene rings is 1. The van der Waals surface area contributed by atoms with E-state index in [-0.39, 0.29) is 16.8 Å². The summed E-state index contributed by atoms with van der Waals surface area (Å²) < 4.78 is 30.5. The Kier molecular flexibility index (Phi) is 4.43. The minimum Gasteiger partial charge on any atom is -0.296 e. The molecule has 9 nitrogen and oxygen atoms in total. The molecule has 2 aromatic heterocycles. The maximum absolute atomic E-state index is 13.0. The highest BCUT2D eigenvalue weighted by molar-refractivity contribution is 7.89. The van der Waals surface area contributed by atoms with Crippen LogP contribution in [0.25, 0.3) is 10.9 Å². The Balaban J connectivity index is 1.84. The highest BCUT2D eigenvalue weighted by Gasteiger charge is 2.41. The smallest absolute Gasteiger partial charge is 0.296 e. The predicted octanol–water partition coefficient (Wildman–Crippen LogP) is 0.678. The number of hydrogen-bond acceptors (Lipinski definition) is 6. The highest BCUT2D eigenvalue weighted by Crippen LogP contribution is 2.36. The lowest BCUT2D eigenvalue weighted by molar-refractivity contribution is 0.558. The van der Waals surface area contributed by atoms with Crippen LogP contribution in [0.4, 0.5) is 0 Å². The summed E-state index contributed by atoms with van der Waals surface area (Å²) >= 11 is 0. The minimum atomic E-state index is -3.77. The molecule has 4 rings (SSSR count). The molecule has 3 aromatic rings. The summed E-state index contributed by atoms with van der Waals surface area (Å²) in [6.45, 7) is 3.57. The van der Waals surface area contributed by atoms with E-state index in [2.05, 4.69) is 14.7 Å². The number of nitrogens with zero attached hydrogens (tertiary/aromatic N) is 4. The third kappa shape index (κ3) is 3.60. The van der Waals surface area contributed by atoms with Crippen LogP contribution in [-0.4, -0.2) is 33.1 Å². The number of aryl methyl sites for hydroxylation is 2. The van der Waals surface area contributed by atoms with Gasteiger partial charge in [0.2, 0.25) is 10.0 Å². The fourth-order valence-electron chi connectivity index (χ4n) is 3.16. The molecule has 0 radical (unpaired) electrons. The molecule has 10 heteroatoms. The molecule has 0 amide bonds. The Morgan fingerprint density at radius 3 is 2.45 bits per heavy atom. The number of nitrogens with one attached hydrogen (secondary N) is 1. The highest BCUT2D eigenvalue weighted by atomic mass is 32.2. The minimum absolute atomic E-state index is 0.000840. The van der Waals surface area contributed by atoms with Crippen LogP contribution in [0.5, 0.6) is 0 Å². The van der Waals surface area contributed by atoms with Crippen molar-refractivity contribution in [1.82, 2.24) is 23.8 Å². The first kappa shape index (κ1) is 19.5. The van der Waals surface area contributed by atoms with E-state index in [1.807, 2.05) is 6.92 Å². The second kappa shape index (κ2) is 6.60. The molecule has 152 valence electrons. The summed E-state index contributed by atoms with van der Waals surface area (Å²) in [5.41, 5.74) is -0.516. The molecule has 0 spiro atoms. The van der Waals surface area contributed by atoms with Crippen molar-refractivity contribution in [2.24, 2.45) is 7.05 Å². The van der Waals surface area contributed by atoms with Gasteiger partial charge in [-0.2, -0.15) is 0 Å². The number of fused-ring (bicyclic) bond motifs is 1. The van der Waals surface area contributed by atoms with E-state index in [9.17, 15) is 18.0 Å². The zero-order valence-corrected chi connectivity index (χ0v) is 17.2. The molecule has 1 aliphatic rings. The van der Waals surface area contributed by atoms with Gasteiger partial charge in [-0.3, -0.25) is 13.9 Å². The lowest BCUT2D eigenvalue weighted by Gasteiger charge is -2.14. The molecule has 29 heavy (non-hydrogen) atoms. The Bertz CT molecular complexity index is 1340. The first-order valence-corrected chi connectivity index (χ1v) is 10.6. The average molecular weight is 415 g/mol. The zero-order chi connectivity index (χ0) is 21.0. The van der Waals surface area contributed by atoms with Gasteiger partial charge < -0.3 is 0 Å². The van der Waals surface area contributed by atoms with Gasteiger partial charge >= 0.3 is 5.69 Å². The predicted molar refractivity (Wildman–Crippen MR) is 107 cm³/mol. The van der Waals surface area contributed by atoms with Crippen LogP contribution in [0.1, 0.15) is 31.2 Å². The fourth-order valence-corrected chi connectivity index (χ4v) is 4.65. The number of hydrogen-bond donors (Lipinski definition) is 1. The maximum Gasteiger partial charge on any atom is 0.331 e. The summed E-state index contributed by atoms with van der Waals surface area (Å²) in [7, 11) is -2.22. The summed E-state index contributed by atoms with van der Waals surface area (Å²) in [6.07, 6.45) is 4.67. The Morgan fingerprint density at radius 2 is 1.83 bits per heavy atom. The third-order valence-corrected chi connectivity index (χ3v) is 6.82. The molecule has 1 aromatic carbocycles. The van der Waals surface area contributed by atoms with Gasteiger partial charge in [-0.25, -0.2) is 27.9 Å². The van der Waals surface area contributed by atoms with Crippen molar-refractivity contribution in [2.75, 3.05) is 0 Å². The SMILES string of the molecule is Cc1ncc(Cn2c(=O)c3cc(S(=O)(=O)NC4(C)CC4)ccc3n(C)c2=O)cn1. The molecule has 0 unspecified atom stereocenters. The molecule has 0 saturated heterocycles. The van der Waals surface area contributed by atoms with Gasteiger partial charge in [0, 0.05) is 30.5 Å². The van der Waals surface area contributed by atoms with E-state index in [4.69, 9.17) is 0 Å². The number of sulfonamides is 1. The second-order valence-corrected chi connectivity index (χ2v) is 9.40. The molecule has 0 aliphatic heterocycles. The van der Waals surface area contributed by atoms with Crippen molar-refractivity contribution in [3.05, 3.63) is 62.8 Å². The van der Waals surface area contributed by atoms with Gasteiger partial charge in [-0.15, -0.1) is 0 Å². The van der Waals surface area contributed by atoms with E-state index < -0.39 is 26.8 Å². The summed E-state index contributed by atoms with van der Waals surface area (Å²) in [5.74, 6) is 0.583. The first-order valence-electron chi connectivity index (χ1n) is 9.15. The molecule has 1 saturated carbocycles.